The number of Topliss-reactive ketones (excluding diaryl/α,β-unsaturated/α-hetero) is 1. The zero-order valence-electron chi connectivity index (χ0n) is 9.17. The number of thiophene rings is 1. The first-order valence-electron chi connectivity index (χ1n) is 5.70. The highest BCUT2D eigenvalue weighted by Crippen LogP contribution is 2.24. The third-order valence-corrected chi connectivity index (χ3v) is 4.60. The monoisotopic (exact) mass is 301 g/mol. The van der Waals surface area contributed by atoms with Gasteiger partial charge in [0.1, 0.15) is 5.78 Å². The van der Waals surface area contributed by atoms with Crippen LogP contribution in [0.15, 0.2) is 15.9 Å². The molecule has 1 aromatic heterocycles. The van der Waals surface area contributed by atoms with E-state index in [1.807, 2.05) is 12.1 Å². The molecule has 88 valence electrons. The Morgan fingerprint density at radius 1 is 1.44 bits per heavy atom. The fraction of sp³-hybridized carbons (Fsp3) is 0.583. The number of carbonyl (C=O) groups is 1. The largest absolute Gasteiger partial charge is 0.317 e. The molecule has 1 aromatic rings. The van der Waals surface area contributed by atoms with E-state index >= 15 is 0 Å². The van der Waals surface area contributed by atoms with Crippen molar-refractivity contribution in [3.05, 3.63) is 20.8 Å². The second-order valence-electron chi connectivity index (χ2n) is 4.32. The number of ketones is 1. The molecule has 0 unspecified atom stereocenters. The molecule has 2 heterocycles. The molecule has 1 fully saturated rings. The van der Waals surface area contributed by atoms with E-state index in [2.05, 4.69) is 21.2 Å². The van der Waals surface area contributed by atoms with Gasteiger partial charge in [0.2, 0.25) is 0 Å². The van der Waals surface area contributed by atoms with Crippen molar-refractivity contribution in [2.45, 2.75) is 25.7 Å². The minimum Gasteiger partial charge on any atom is -0.317 e. The van der Waals surface area contributed by atoms with Gasteiger partial charge in [-0.25, -0.2) is 0 Å². The van der Waals surface area contributed by atoms with Crippen LogP contribution < -0.4 is 5.32 Å². The van der Waals surface area contributed by atoms with E-state index in [9.17, 15) is 4.79 Å². The molecule has 16 heavy (non-hydrogen) atoms. The van der Waals surface area contributed by atoms with Gasteiger partial charge in [0, 0.05) is 17.7 Å². The van der Waals surface area contributed by atoms with Gasteiger partial charge in [-0.05, 0) is 59.9 Å². The van der Waals surface area contributed by atoms with Gasteiger partial charge in [-0.2, -0.15) is 0 Å². The van der Waals surface area contributed by atoms with Crippen LogP contribution in [0.5, 0.6) is 0 Å². The summed E-state index contributed by atoms with van der Waals surface area (Å²) < 4.78 is 1.11. The van der Waals surface area contributed by atoms with E-state index in [0.717, 1.165) is 36.1 Å². The van der Waals surface area contributed by atoms with Crippen LogP contribution in [0.2, 0.25) is 0 Å². The maximum atomic E-state index is 11.9. The smallest absolute Gasteiger partial charge is 0.138 e. The molecule has 0 spiro atoms. The Balaban J connectivity index is 1.79. The van der Waals surface area contributed by atoms with Gasteiger partial charge in [0.05, 0.1) is 3.79 Å². The predicted octanol–water partition coefficient (Wildman–Crippen LogP) is 3.01. The Hall–Kier alpha value is -0.190. The lowest BCUT2D eigenvalue weighted by atomic mass is 9.92. The molecule has 4 heteroatoms. The molecule has 0 bridgehead atoms. The van der Waals surface area contributed by atoms with Crippen molar-refractivity contribution in [2.75, 3.05) is 13.1 Å². The number of piperidine rings is 1. The molecule has 0 amide bonds. The molecule has 1 aliphatic heterocycles. The van der Waals surface area contributed by atoms with Gasteiger partial charge >= 0.3 is 0 Å². The number of hydrogen-bond donors (Lipinski definition) is 1. The minimum absolute atomic E-state index is 0.390. The molecule has 1 aliphatic rings. The molecule has 1 N–H and O–H groups in total. The van der Waals surface area contributed by atoms with Crippen molar-refractivity contribution >= 4 is 33.0 Å². The summed E-state index contributed by atoms with van der Waals surface area (Å²) >= 11 is 5.08. The number of carbonyl (C=O) groups excluding carboxylic acids is 1. The Morgan fingerprint density at radius 3 is 2.81 bits per heavy atom. The van der Waals surface area contributed by atoms with E-state index in [0.29, 0.717) is 18.1 Å². The number of hydrogen-bond acceptors (Lipinski definition) is 3. The molecule has 0 atom stereocenters. The summed E-state index contributed by atoms with van der Waals surface area (Å²) in [6, 6.07) is 4.05. The van der Waals surface area contributed by atoms with Crippen LogP contribution in [0.3, 0.4) is 0 Å². The second-order valence-corrected chi connectivity index (χ2v) is 6.87. The van der Waals surface area contributed by atoms with Crippen LogP contribution in [0, 0.1) is 5.92 Å². The summed E-state index contributed by atoms with van der Waals surface area (Å²) in [5.74, 6) is 0.999. The molecule has 0 radical (unpaired) electrons. The van der Waals surface area contributed by atoms with Crippen molar-refractivity contribution < 1.29 is 4.79 Å². The van der Waals surface area contributed by atoms with E-state index < -0.39 is 0 Å². The van der Waals surface area contributed by atoms with Crippen LogP contribution in [0.4, 0.5) is 0 Å². The highest BCUT2D eigenvalue weighted by atomic mass is 79.9. The van der Waals surface area contributed by atoms with Crippen LogP contribution in [-0.2, 0) is 11.2 Å². The van der Waals surface area contributed by atoms with Crippen LogP contribution in [-0.4, -0.2) is 18.9 Å². The lowest BCUT2D eigenvalue weighted by Crippen LogP contribution is -2.29. The maximum absolute atomic E-state index is 11.9. The summed E-state index contributed by atoms with van der Waals surface area (Å²) in [5, 5.41) is 3.33. The standard InChI is InChI=1S/C12H16BrNOS/c13-12-2-1-11(16-12)8-10(15)7-9-3-5-14-6-4-9/h1-2,9,14H,3-8H2. The van der Waals surface area contributed by atoms with Crippen molar-refractivity contribution in [3.63, 3.8) is 0 Å². The zero-order chi connectivity index (χ0) is 11.4. The van der Waals surface area contributed by atoms with Crippen LogP contribution >= 0.6 is 27.3 Å². The Bertz CT molecular complexity index is 358. The average molecular weight is 302 g/mol. The lowest BCUT2D eigenvalue weighted by Gasteiger charge is -2.21. The molecule has 0 aromatic carbocycles. The second kappa shape index (κ2) is 5.94. The van der Waals surface area contributed by atoms with Gasteiger partial charge in [0.25, 0.3) is 0 Å². The number of halogens is 1. The Labute approximate surface area is 109 Å². The summed E-state index contributed by atoms with van der Waals surface area (Å²) in [7, 11) is 0. The van der Waals surface area contributed by atoms with Crippen LogP contribution in [0.1, 0.15) is 24.1 Å². The summed E-state index contributed by atoms with van der Waals surface area (Å²) in [6.07, 6.45) is 3.68. The van der Waals surface area contributed by atoms with Gasteiger partial charge < -0.3 is 5.32 Å². The number of nitrogens with one attached hydrogen (secondary N) is 1. The summed E-state index contributed by atoms with van der Waals surface area (Å²) in [6.45, 7) is 2.14. The van der Waals surface area contributed by atoms with Crippen molar-refractivity contribution in [3.8, 4) is 0 Å². The quantitative estimate of drug-likeness (QED) is 0.926. The molecular weight excluding hydrogens is 286 g/mol. The van der Waals surface area contributed by atoms with Crippen molar-refractivity contribution in [1.29, 1.82) is 0 Å². The van der Waals surface area contributed by atoms with E-state index in [4.69, 9.17) is 0 Å². The topological polar surface area (TPSA) is 29.1 Å². The van der Waals surface area contributed by atoms with Crippen molar-refractivity contribution in [1.82, 2.24) is 5.32 Å². The molecule has 2 nitrogen and oxygen atoms in total. The first kappa shape index (κ1) is 12.3. The van der Waals surface area contributed by atoms with E-state index in [1.165, 1.54) is 4.88 Å². The third-order valence-electron chi connectivity index (χ3n) is 2.98. The minimum atomic E-state index is 0.390. The molecule has 0 aliphatic carbocycles. The lowest BCUT2D eigenvalue weighted by molar-refractivity contribution is -0.119. The molecule has 2 rings (SSSR count). The van der Waals surface area contributed by atoms with Gasteiger partial charge in [-0.1, -0.05) is 0 Å². The normalized spacial score (nSPS) is 17.6. The average Bonchev–Trinajstić information content (AvgIpc) is 2.65. The van der Waals surface area contributed by atoms with E-state index in [1.54, 1.807) is 11.3 Å². The van der Waals surface area contributed by atoms with E-state index in [-0.39, 0.29) is 0 Å². The SMILES string of the molecule is O=C(Cc1ccc(Br)s1)CC1CCNCC1. The number of rotatable bonds is 4. The highest BCUT2D eigenvalue weighted by molar-refractivity contribution is 9.11. The maximum Gasteiger partial charge on any atom is 0.138 e. The highest BCUT2D eigenvalue weighted by Gasteiger charge is 2.17. The fourth-order valence-corrected chi connectivity index (χ4v) is 3.63. The molecule has 0 saturated carbocycles. The Morgan fingerprint density at radius 2 is 2.19 bits per heavy atom. The van der Waals surface area contributed by atoms with Crippen LogP contribution in [0.25, 0.3) is 0 Å². The third kappa shape index (κ3) is 3.68. The van der Waals surface area contributed by atoms with Crippen molar-refractivity contribution in [2.24, 2.45) is 5.92 Å². The molecule has 1 saturated heterocycles. The van der Waals surface area contributed by atoms with Gasteiger partial charge in [-0.3, -0.25) is 4.79 Å². The first-order chi connectivity index (χ1) is 7.74. The summed E-state index contributed by atoms with van der Waals surface area (Å²) in [5.41, 5.74) is 0. The molecular formula is C12H16BrNOS. The first-order valence-corrected chi connectivity index (χ1v) is 7.31. The van der Waals surface area contributed by atoms with Gasteiger partial charge in [0.15, 0.2) is 0 Å². The summed E-state index contributed by atoms with van der Waals surface area (Å²) in [4.78, 5) is 13.0. The Kier molecular flexibility index (Phi) is 4.55. The van der Waals surface area contributed by atoms with Gasteiger partial charge in [-0.15, -0.1) is 11.3 Å². The zero-order valence-corrected chi connectivity index (χ0v) is 11.6. The fourth-order valence-electron chi connectivity index (χ4n) is 2.12. The predicted molar refractivity (Wildman–Crippen MR) is 70.9 cm³/mol.